The summed E-state index contributed by atoms with van der Waals surface area (Å²) in [5, 5.41) is 0. The first-order valence-electron chi connectivity index (χ1n) is 5.13. The van der Waals surface area contributed by atoms with Gasteiger partial charge in [-0.15, -0.1) is 0 Å². The third-order valence-corrected chi connectivity index (χ3v) is 2.57. The molecule has 1 rings (SSSR count). The molecule has 2 atom stereocenters. The van der Waals surface area contributed by atoms with Gasteiger partial charge in [-0.2, -0.15) is 0 Å². The highest BCUT2D eigenvalue weighted by atomic mass is 19.1. The molecule has 1 aliphatic rings. The maximum absolute atomic E-state index is 12.5. The van der Waals surface area contributed by atoms with Crippen molar-refractivity contribution in [2.24, 2.45) is 5.92 Å². The fourth-order valence-electron chi connectivity index (χ4n) is 1.67. The first-order valence-corrected chi connectivity index (χ1v) is 5.13. The monoisotopic (exact) mass is 186 g/mol. The van der Waals surface area contributed by atoms with Crippen molar-refractivity contribution in [2.45, 2.75) is 45.2 Å². The fourth-order valence-corrected chi connectivity index (χ4v) is 1.67. The topological polar surface area (TPSA) is 9.23 Å². The van der Waals surface area contributed by atoms with Gasteiger partial charge >= 0.3 is 0 Å². The Labute approximate surface area is 80.0 Å². The first kappa shape index (κ1) is 10.6. The van der Waals surface area contributed by atoms with E-state index in [2.05, 4.69) is 6.58 Å². The van der Waals surface area contributed by atoms with Crippen LogP contribution >= 0.6 is 0 Å². The van der Waals surface area contributed by atoms with Crippen LogP contribution in [0.2, 0.25) is 0 Å². The molecule has 0 aliphatic carbocycles. The third-order valence-electron chi connectivity index (χ3n) is 2.57. The van der Waals surface area contributed by atoms with Crippen molar-refractivity contribution in [3.8, 4) is 0 Å². The zero-order valence-electron chi connectivity index (χ0n) is 8.39. The van der Waals surface area contributed by atoms with Crippen molar-refractivity contribution >= 4 is 0 Å². The lowest BCUT2D eigenvalue weighted by Gasteiger charge is -2.24. The summed E-state index contributed by atoms with van der Waals surface area (Å²) in [5.41, 5.74) is 0. The molecule has 0 saturated carbocycles. The van der Waals surface area contributed by atoms with E-state index in [0.29, 0.717) is 12.3 Å². The number of rotatable bonds is 4. The Bertz CT molecular complexity index is 155. The van der Waals surface area contributed by atoms with E-state index in [1.165, 1.54) is 6.42 Å². The lowest BCUT2D eigenvalue weighted by Crippen LogP contribution is -2.15. The molecular weight excluding hydrogens is 167 g/mol. The second-order valence-electron chi connectivity index (χ2n) is 3.97. The van der Waals surface area contributed by atoms with E-state index in [4.69, 9.17) is 4.74 Å². The summed E-state index contributed by atoms with van der Waals surface area (Å²) in [6.45, 7) is 6.19. The Hall–Kier alpha value is -0.530. The van der Waals surface area contributed by atoms with Crippen molar-refractivity contribution in [1.82, 2.24) is 0 Å². The van der Waals surface area contributed by atoms with Crippen molar-refractivity contribution in [2.75, 3.05) is 6.61 Å². The van der Waals surface area contributed by atoms with E-state index < -0.39 is 6.17 Å². The molecule has 0 aromatic heterocycles. The molecule has 1 heterocycles. The van der Waals surface area contributed by atoms with Gasteiger partial charge in [0.25, 0.3) is 0 Å². The third kappa shape index (κ3) is 4.30. The molecule has 2 unspecified atom stereocenters. The number of hydrogen-bond acceptors (Lipinski definition) is 1. The molecule has 1 fully saturated rings. The number of alkyl halides is 1. The minimum atomic E-state index is -0.653. The molecule has 0 amide bonds. The summed E-state index contributed by atoms with van der Waals surface area (Å²) in [5.74, 6) is 1.54. The molecule has 0 N–H and O–H groups in total. The quantitative estimate of drug-likeness (QED) is 0.653. The highest BCUT2D eigenvalue weighted by Crippen LogP contribution is 2.24. The van der Waals surface area contributed by atoms with Gasteiger partial charge in [0.1, 0.15) is 0 Å². The lowest BCUT2D eigenvalue weighted by atomic mass is 9.95. The van der Waals surface area contributed by atoms with Crippen LogP contribution in [-0.4, -0.2) is 12.8 Å². The Morgan fingerprint density at radius 2 is 2.46 bits per heavy atom. The Kier molecular flexibility index (Phi) is 4.26. The van der Waals surface area contributed by atoms with Crippen molar-refractivity contribution in [1.29, 1.82) is 0 Å². The zero-order valence-corrected chi connectivity index (χ0v) is 8.39. The molecule has 0 aromatic rings. The summed E-state index contributed by atoms with van der Waals surface area (Å²) >= 11 is 0. The molecule has 1 saturated heterocycles. The van der Waals surface area contributed by atoms with Crippen LogP contribution in [0.15, 0.2) is 12.3 Å². The van der Waals surface area contributed by atoms with Crippen molar-refractivity contribution in [3.63, 3.8) is 0 Å². The summed E-state index contributed by atoms with van der Waals surface area (Å²) < 4.78 is 17.8. The van der Waals surface area contributed by atoms with Gasteiger partial charge in [0.2, 0.25) is 0 Å². The summed E-state index contributed by atoms with van der Waals surface area (Å²) in [6.07, 6.45) is 4.27. The normalized spacial score (nSPS) is 25.4. The minimum absolute atomic E-state index is 0.629. The van der Waals surface area contributed by atoms with Gasteiger partial charge in [-0.25, -0.2) is 4.39 Å². The SMILES string of the molecule is C=C1CCC(CCCC(C)F)CO1. The van der Waals surface area contributed by atoms with Gasteiger partial charge in [-0.05, 0) is 32.1 Å². The lowest BCUT2D eigenvalue weighted by molar-refractivity contribution is 0.109. The summed E-state index contributed by atoms with van der Waals surface area (Å²) in [6, 6.07) is 0. The van der Waals surface area contributed by atoms with Gasteiger partial charge in [-0.3, -0.25) is 0 Å². The maximum atomic E-state index is 12.5. The predicted molar refractivity (Wildman–Crippen MR) is 52.2 cm³/mol. The molecule has 2 heteroatoms. The average Bonchev–Trinajstić information content (AvgIpc) is 2.08. The molecule has 0 aromatic carbocycles. The molecule has 0 spiro atoms. The molecule has 13 heavy (non-hydrogen) atoms. The largest absolute Gasteiger partial charge is 0.498 e. The molecule has 1 aliphatic heterocycles. The standard InChI is InChI=1S/C11H19FO/c1-9(12)4-3-5-11-7-6-10(2)13-8-11/h9,11H,2-8H2,1H3. The molecule has 76 valence electrons. The molecular formula is C11H19FO. The van der Waals surface area contributed by atoms with E-state index in [1.54, 1.807) is 6.92 Å². The number of hydrogen-bond donors (Lipinski definition) is 0. The van der Waals surface area contributed by atoms with Gasteiger partial charge in [0.15, 0.2) is 0 Å². The van der Waals surface area contributed by atoms with Crippen LogP contribution in [0.1, 0.15) is 39.0 Å². The van der Waals surface area contributed by atoms with Crippen LogP contribution in [0.5, 0.6) is 0 Å². The maximum Gasteiger partial charge on any atom is 0.0973 e. The second-order valence-corrected chi connectivity index (χ2v) is 3.97. The Morgan fingerprint density at radius 3 is 3.00 bits per heavy atom. The number of ether oxygens (including phenoxy) is 1. The number of allylic oxidation sites excluding steroid dienone is 1. The van der Waals surface area contributed by atoms with Gasteiger partial charge in [0.05, 0.1) is 18.5 Å². The molecule has 0 radical (unpaired) electrons. The minimum Gasteiger partial charge on any atom is -0.498 e. The van der Waals surface area contributed by atoms with E-state index >= 15 is 0 Å². The van der Waals surface area contributed by atoms with Crippen LogP contribution in [0.3, 0.4) is 0 Å². The van der Waals surface area contributed by atoms with Gasteiger partial charge in [0, 0.05) is 6.42 Å². The van der Waals surface area contributed by atoms with Crippen LogP contribution in [0, 0.1) is 5.92 Å². The fraction of sp³-hybridized carbons (Fsp3) is 0.818. The Balaban J connectivity index is 2.05. The Morgan fingerprint density at radius 1 is 1.69 bits per heavy atom. The van der Waals surface area contributed by atoms with Crippen LogP contribution in [0.25, 0.3) is 0 Å². The van der Waals surface area contributed by atoms with Crippen molar-refractivity contribution < 1.29 is 9.13 Å². The summed E-state index contributed by atoms with van der Waals surface area (Å²) in [7, 11) is 0. The van der Waals surface area contributed by atoms with Crippen LogP contribution in [-0.2, 0) is 4.74 Å². The van der Waals surface area contributed by atoms with E-state index in [0.717, 1.165) is 31.6 Å². The highest BCUT2D eigenvalue weighted by molar-refractivity contribution is 4.87. The first-order chi connectivity index (χ1) is 6.18. The van der Waals surface area contributed by atoms with E-state index in [-0.39, 0.29) is 0 Å². The zero-order chi connectivity index (χ0) is 9.68. The average molecular weight is 186 g/mol. The smallest absolute Gasteiger partial charge is 0.0973 e. The van der Waals surface area contributed by atoms with E-state index in [1.807, 2.05) is 0 Å². The van der Waals surface area contributed by atoms with E-state index in [9.17, 15) is 4.39 Å². The van der Waals surface area contributed by atoms with Gasteiger partial charge in [-0.1, -0.05) is 13.0 Å². The molecule has 0 bridgehead atoms. The summed E-state index contributed by atoms with van der Waals surface area (Å²) in [4.78, 5) is 0. The second kappa shape index (κ2) is 5.25. The predicted octanol–water partition coefficient (Wildman–Crippen LogP) is 3.46. The van der Waals surface area contributed by atoms with Crippen LogP contribution < -0.4 is 0 Å². The highest BCUT2D eigenvalue weighted by Gasteiger charge is 2.16. The van der Waals surface area contributed by atoms with Crippen LogP contribution in [0.4, 0.5) is 4.39 Å². The van der Waals surface area contributed by atoms with Crippen molar-refractivity contribution in [3.05, 3.63) is 12.3 Å². The molecule has 1 nitrogen and oxygen atoms in total. The van der Waals surface area contributed by atoms with Gasteiger partial charge < -0.3 is 4.74 Å². The number of halogens is 1.